The van der Waals surface area contributed by atoms with Gasteiger partial charge in [-0.15, -0.1) is 0 Å². The first kappa shape index (κ1) is 44.7. The number of phenolic OH excluding ortho intramolecular Hbond substituents is 1. The first-order chi connectivity index (χ1) is 29.8. The number of carbonyl (C=O) groups excluding carboxylic acids is 2. The average Bonchev–Trinajstić information content (AvgIpc) is 3.28. The topological polar surface area (TPSA) is 206 Å². The van der Waals surface area contributed by atoms with E-state index in [4.69, 9.17) is 19.9 Å². The van der Waals surface area contributed by atoms with Crippen LogP contribution in [0.25, 0.3) is 44.5 Å². The number of aromatic hydroxyl groups is 1. The average molecular weight is 840 g/mol. The molecule has 0 spiro atoms. The van der Waals surface area contributed by atoms with Crippen LogP contribution in [0.15, 0.2) is 140 Å². The first-order valence-corrected chi connectivity index (χ1v) is 20.0. The maximum Gasteiger partial charge on any atom is 0.335 e. The maximum absolute atomic E-state index is 11.7. The smallest absolute Gasteiger partial charge is 0.335 e. The van der Waals surface area contributed by atoms with Crippen molar-refractivity contribution in [2.75, 3.05) is 7.11 Å². The molecule has 1 aliphatic heterocycles. The van der Waals surface area contributed by atoms with E-state index in [0.29, 0.717) is 19.3 Å². The minimum Gasteiger partial charge on any atom is -0.508 e. The summed E-state index contributed by atoms with van der Waals surface area (Å²) in [5, 5.41) is 49.3. The van der Waals surface area contributed by atoms with Gasteiger partial charge in [-0.25, -0.2) is 4.79 Å². The highest BCUT2D eigenvalue weighted by Crippen LogP contribution is 2.35. The molecule has 0 bridgehead atoms. The fourth-order valence-corrected chi connectivity index (χ4v) is 7.22. The van der Waals surface area contributed by atoms with Crippen LogP contribution in [0.5, 0.6) is 17.2 Å². The van der Waals surface area contributed by atoms with Gasteiger partial charge in [-0.3, -0.25) is 4.79 Å². The summed E-state index contributed by atoms with van der Waals surface area (Å²) in [7, 11) is 1.64. The zero-order valence-corrected chi connectivity index (χ0v) is 34.3. The van der Waals surface area contributed by atoms with E-state index in [-0.39, 0.29) is 29.6 Å². The number of carboxylic acids is 1. The first-order valence-electron chi connectivity index (χ1n) is 20.0. The number of hydrogen-bond donors (Lipinski definition) is 6. The Bertz CT molecular complexity index is 2510. The van der Waals surface area contributed by atoms with E-state index < -0.39 is 36.7 Å². The lowest BCUT2D eigenvalue weighted by Gasteiger charge is -2.38. The monoisotopic (exact) mass is 839 g/mol. The van der Waals surface area contributed by atoms with Crippen molar-refractivity contribution in [1.29, 1.82) is 0 Å². The van der Waals surface area contributed by atoms with Crippen LogP contribution in [0.2, 0.25) is 0 Å². The van der Waals surface area contributed by atoms with Crippen LogP contribution in [0.3, 0.4) is 0 Å². The van der Waals surface area contributed by atoms with Gasteiger partial charge in [0, 0.05) is 12.8 Å². The fourth-order valence-electron chi connectivity index (χ4n) is 7.22. The zero-order chi connectivity index (χ0) is 44.3. The number of nitrogens with two attached hydrogens (primary N) is 1. The Morgan fingerprint density at radius 2 is 1.13 bits per heavy atom. The summed E-state index contributed by atoms with van der Waals surface area (Å²) >= 11 is 0. The molecule has 0 radical (unpaired) electrons. The van der Waals surface area contributed by atoms with Crippen molar-refractivity contribution in [2.24, 2.45) is 5.73 Å². The molecule has 0 aliphatic carbocycles. The van der Waals surface area contributed by atoms with Crippen molar-refractivity contribution < 1.29 is 54.1 Å². The van der Waals surface area contributed by atoms with Gasteiger partial charge < -0.3 is 50.3 Å². The molecule has 1 unspecified atom stereocenters. The third kappa shape index (κ3) is 11.3. The number of Topliss-reactive ketones (excluding diaryl/α,β-unsaturated/α-hetero) is 1. The number of ketones is 1. The van der Waals surface area contributed by atoms with Crippen molar-refractivity contribution >= 4 is 17.7 Å². The molecule has 320 valence electrons. The van der Waals surface area contributed by atoms with Crippen LogP contribution in [0, 0.1) is 0 Å². The molecule has 1 heterocycles. The Labute approximate surface area is 359 Å². The Morgan fingerprint density at radius 1 is 0.597 bits per heavy atom. The van der Waals surface area contributed by atoms with Crippen molar-refractivity contribution in [2.45, 2.75) is 63.3 Å². The zero-order valence-electron chi connectivity index (χ0n) is 34.3. The van der Waals surface area contributed by atoms with Crippen LogP contribution in [0.4, 0.5) is 0 Å². The largest absolute Gasteiger partial charge is 0.508 e. The number of rotatable bonds is 14. The summed E-state index contributed by atoms with van der Waals surface area (Å²) in [5.41, 5.74) is 15.0. The van der Waals surface area contributed by atoms with E-state index in [1.54, 1.807) is 50.4 Å². The number of methoxy groups -OCH3 is 1. The molecule has 12 heteroatoms. The molecule has 12 nitrogen and oxygen atoms in total. The van der Waals surface area contributed by atoms with Gasteiger partial charge in [-0.1, -0.05) is 103 Å². The normalized spacial score (nSPS) is 18.2. The van der Waals surface area contributed by atoms with Crippen LogP contribution >= 0.6 is 0 Å². The SMILES string of the molecule is CC(=O)CCc1cc(-c2ccccc2)ccc1-c1cccc(OC2O[C@H](C(=O)O)[C@@H](O)[C@H](O)[C@H]2O)c1.COc1cccc(-c2ccc(-c3cccc(O)c3)c(CCC(N)=O)c2)c1. The highest BCUT2D eigenvalue weighted by molar-refractivity contribution is 5.79. The summed E-state index contributed by atoms with van der Waals surface area (Å²) in [6.45, 7) is 1.56. The fraction of sp³-hybridized carbons (Fsp3) is 0.220. The molecule has 5 atom stereocenters. The van der Waals surface area contributed by atoms with Crippen molar-refractivity contribution in [3.05, 3.63) is 151 Å². The second-order valence-corrected chi connectivity index (χ2v) is 14.9. The second-order valence-electron chi connectivity index (χ2n) is 14.9. The predicted octanol–water partition coefficient (Wildman–Crippen LogP) is 6.97. The molecule has 0 aromatic heterocycles. The van der Waals surface area contributed by atoms with Gasteiger partial charge in [-0.05, 0) is 112 Å². The van der Waals surface area contributed by atoms with Crippen molar-refractivity contribution in [1.82, 2.24) is 0 Å². The van der Waals surface area contributed by atoms with E-state index in [2.05, 4.69) is 12.1 Å². The third-order valence-corrected chi connectivity index (χ3v) is 10.5. The third-order valence-electron chi connectivity index (χ3n) is 10.5. The number of aliphatic carboxylic acids is 1. The number of aliphatic hydroxyl groups is 3. The highest BCUT2D eigenvalue weighted by atomic mass is 16.7. The number of amides is 1. The lowest BCUT2D eigenvalue weighted by molar-refractivity contribution is -0.271. The molecule has 6 aromatic rings. The summed E-state index contributed by atoms with van der Waals surface area (Å²) < 4.78 is 16.2. The van der Waals surface area contributed by atoms with Crippen LogP contribution in [-0.2, 0) is 32.0 Å². The highest BCUT2D eigenvalue weighted by Gasteiger charge is 2.48. The molecule has 1 aliphatic rings. The van der Waals surface area contributed by atoms with E-state index in [9.17, 15) is 39.9 Å². The number of carboxylic acid groups (broad SMARTS) is 1. The van der Waals surface area contributed by atoms with Gasteiger partial charge in [-0.2, -0.15) is 0 Å². The summed E-state index contributed by atoms with van der Waals surface area (Å²) in [6.07, 6.45) is -6.71. The van der Waals surface area contributed by atoms with Gasteiger partial charge in [0.15, 0.2) is 6.10 Å². The van der Waals surface area contributed by atoms with Crippen LogP contribution in [-0.4, -0.2) is 81.0 Å². The minimum absolute atomic E-state index is 0.0836. The van der Waals surface area contributed by atoms with E-state index in [1.165, 1.54) is 0 Å². The predicted molar refractivity (Wildman–Crippen MR) is 234 cm³/mol. The lowest BCUT2D eigenvalue weighted by Crippen LogP contribution is -2.61. The summed E-state index contributed by atoms with van der Waals surface area (Å²) in [6, 6.07) is 43.9. The van der Waals surface area contributed by atoms with Gasteiger partial charge in [0.25, 0.3) is 0 Å². The number of phenols is 1. The van der Waals surface area contributed by atoms with E-state index in [0.717, 1.165) is 61.4 Å². The second kappa shape index (κ2) is 20.6. The van der Waals surface area contributed by atoms with Crippen LogP contribution in [0.1, 0.15) is 30.9 Å². The van der Waals surface area contributed by atoms with Gasteiger partial charge in [0.05, 0.1) is 7.11 Å². The van der Waals surface area contributed by atoms with Crippen LogP contribution < -0.4 is 15.2 Å². The molecule has 1 fully saturated rings. The number of aliphatic hydroxyl groups excluding tert-OH is 3. The molecular weight excluding hydrogens is 791 g/mol. The number of aryl methyl sites for hydroxylation is 2. The Morgan fingerprint density at radius 3 is 1.73 bits per heavy atom. The van der Waals surface area contributed by atoms with Gasteiger partial charge >= 0.3 is 5.97 Å². The molecule has 6 aromatic carbocycles. The van der Waals surface area contributed by atoms with Crippen molar-refractivity contribution in [3.63, 3.8) is 0 Å². The molecule has 0 saturated carbocycles. The molecule has 62 heavy (non-hydrogen) atoms. The molecule has 7 rings (SSSR count). The molecule has 1 amide bonds. The summed E-state index contributed by atoms with van der Waals surface area (Å²) in [5.74, 6) is -0.462. The quantitative estimate of drug-likeness (QED) is 0.0661. The standard InChI is InChI=1S/C28H28O8.C22H21NO3/c1-16(29)10-11-20-14-18(17-6-3-2-4-7-17)12-13-22(20)19-8-5-9-21(15-19)35-28-25(32)23(30)24(31)26(36-28)27(33)34;1-26-20-7-3-4-15(14-20)16-8-10-21(17-5-2-6-19(24)13-17)18(12-16)9-11-22(23)25/h2-9,12-15,23-26,28,30-32H,10-11H2,1H3,(H,33,34);2-8,10,12-14,24H,9,11H2,1H3,(H2,23,25)/t23-,24-,25+,26-,28?;/m0./s1. The Kier molecular flexibility index (Phi) is 14.9. The van der Waals surface area contributed by atoms with E-state index in [1.807, 2.05) is 91.0 Å². The number of hydrogen-bond acceptors (Lipinski definition) is 10. The molecular formula is C50H49NO11. The number of benzene rings is 6. The molecule has 1 saturated heterocycles. The maximum atomic E-state index is 11.7. The molecule has 7 N–H and O–H groups in total. The van der Waals surface area contributed by atoms with Gasteiger partial charge in [0.2, 0.25) is 12.2 Å². The lowest BCUT2D eigenvalue weighted by atomic mass is 9.92. The summed E-state index contributed by atoms with van der Waals surface area (Å²) in [4.78, 5) is 34.4. The number of carbonyl (C=O) groups is 3. The van der Waals surface area contributed by atoms with Crippen molar-refractivity contribution in [3.8, 4) is 61.8 Å². The Balaban J connectivity index is 0.000000218. The minimum atomic E-state index is -1.80. The number of ether oxygens (including phenoxy) is 3. The number of primary amides is 1. The Hall–Kier alpha value is -6.83. The van der Waals surface area contributed by atoms with E-state index >= 15 is 0 Å². The van der Waals surface area contributed by atoms with Gasteiger partial charge in [0.1, 0.15) is 41.3 Å².